The van der Waals surface area contributed by atoms with E-state index in [9.17, 15) is 0 Å². The molecule has 6 nitrogen and oxygen atoms in total. The number of pyridine rings is 1. The van der Waals surface area contributed by atoms with Gasteiger partial charge in [0.15, 0.2) is 0 Å². The fourth-order valence-electron chi connectivity index (χ4n) is 2.53. The number of anilines is 2. The fourth-order valence-corrected chi connectivity index (χ4v) is 4.81. The maximum Gasteiger partial charge on any atom is 0.219 e. The van der Waals surface area contributed by atoms with Crippen molar-refractivity contribution in [3.63, 3.8) is 0 Å². The number of aromatic nitrogens is 3. The lowest BCUT2D eigenvalue weighted by atomic mass is 9.98. The van der Waals surface area contributed by atoms with Crippen LogP contribution in [0.3, 0.4) is 0 Å². The second-order valence-electron chi connectivity index (χ2n) is 5.91. The number of fused-ring (bicyclic) bond motifs is 1. The summed E-state index contributed by atoms with van der Waals surface area (Å²) in [5.74, 6) is 1.45. The van der Waals surface area contributed by atoms with Crippen LogP contribution in [0.25, 0.3) is 21.5 Å². The Hall–Kier alpha value is -1.90. The van der Waals surface area contributed by atoms with E-state index in [-0.39, 0.29) is 5.95 Å². The summed E-state index contributed by atoms with van der Waals surface area (Å²) < 4.78 is 6.22. The molecule has 4 N–H and O–H groups in total. The van der Waals surface area contributed by atoms with Crippen LogP contribution in [0.4, 0.5) is 11.6 Å². The van der Waals surface area contributed by atoms with Gasteiger partial charge >= 0.3 is 0 Å². The summed E-state index contributed by atoms with van der Waals surface area (Å²) in [4.78, 5) is 13.9. The lowest BCUT2D eigenvalue weighted by Crippen LogP contribution is -1.97. The molecule has 3 heterocycles. The fraction of sp³-hybridized carbons (Fsp3) is 0.353. The first kappa shape index (κ1) is 17.9. The standard InChI is InChI=1S/C17H21N5OS2/c1-9(2)11-6-12(10-7-20-17(19)21-8-10)22-15-13(11)14(18)16(25-15)24-5-4-23-3/h6-9H,4-5,18H2,1-3H3,(H2,19,20,21). The van der Waals surface area contributed by atoms with Gasteiger partial charge in [0.1, 0.15) is 4.83 Å². The van der Waals surface area contributed by atoms with Gasteiger partial charge in [-0.2, -0.15) is 0 Å². The number of thiophene rings is 1. The first-order valence-electron chi connectivity index (χ1n) is 7.93. The third-order valence-electron chi connectivity index (χ3n) is 3.81. The molecule has 0 saturated carbocycles. The van der Waals surface area contributed by atoms with Crippen molar-refractivity contribution in [2.45, 2.75) is 24.0 Å². The number of methoxy groups -OCH3 is 1. The molecular formula is C17H21N5OS2. The molecule has 0 fully saturated rings. The number of nitrogen functional groups attached to an aromatic ring is 2. The van der Waals surface area contributed by atoms with Gasteiger partial charge < -0.3 is 16.2 Å². The summed E-state index contributed by atoms with van der Waals surface area (Å²) in [5, 5.41) is 1.06. The van der Waals surface area contributed by atoms with Crippen LogP contribution < -0.4 is 11.5 Å². The van der Waals surface area contributed by atoms with Crippen molar-refractivity contribution >= 4 is 45.0 Å². The zero-order valence-electron chi connectivity index (χ0n) is 14.4. The lowest BCUT2D eigenvalue weighted by molar-refractivity contribution is 0.218. The Kier molecular flexibility index (Phi) is 5.41. The molecule has 0 radical (unpaired) electrons. The minimum Gasteiger partial charge on any atom is -0.397 e. The Balaban J connectivity index is 2.11. The SMILES string of the molecule is COCCSc1sc2nc(-c3cnc(N)nc3)cc(C(C)C)c2c1N. The average Bonchev–Trinajstić information content (AvgIpc) is 2.91. The van der Waals surface area contributed by atoms with Crippen LogP contribution in [-0.4, -0.2) is 34.4 Å². The monoisotopic (exact) mass is 375 g/mol. The van der Waals surface area contributed by atoms with Crippen molar-refractivity contribution in [2.75, 3.05) is 30.9 Å². The van der Waals surface area contributed by atoms with E-state index in [4.69, 9.17) is 21.2 Å². The number of nitrogens with zero attached hydrogens (tertiary/aromatic N) is 3. The molecule has 0 spiro atoms. The number of hydrogen-bond acceptors (Lipinski definition) is 8. The zero-order chi connectivity index (χ0) is 18.0. The molecule has 0 bridgehead atoms. The molecule has 0 aliphatic rings. The first-order chi connectivity index (χ1) is 12.0. The smallest absolute Gasteiger partial charge is 0.219 e. The van der Waals surface area contributed by atoms with Gasteiger partial charge in [0.2, 0.25) is 5.95 Å². The molecular weight excluding hydrogens is 354 g/mol. The second-order valence-corrected chi connectivity index (χ2v) is 8.27. The summed E-state index contributed by atoms with van der Waals surface area (Å²) in [6.45, 7) is 5.01. The molecule has 0 amide bonds. The Labute approximate surface area is 155 Å². The third kappa shape index (κ3) is 3.70. The van der Waals surface area contributed by atoms with Crippen molar-refractivity contribution in [3.05, 3.63) is 24.0 Å². The second kappa shape index (κ2) is 7.55. The van der Waals surface area contributed by atoms with Crippen molar-refractivity contribution in [2.24, 2.45) is 0 Å². The molecule has 0 aliphatic heterocycles. The van der Waals surface area contributed by atoms with Gasteiger partial charge in [-0.3, -0.25) is 0 Å². The minimum atomic E-state index is 0.256. The van der Waals surface area contributed by atoms with Crippen LogP contribution in [0, 0.1) is 0 Å². The summed E-state index contributed by atoms with van der Waals surface area (Å²) >= 11 is 3.33. The molecule has 0 unspecified atom stereocenters. The number of hydrogen-bond donors (Lipinski definition) is 2. The van der Waals surface area contributed by atoms with E-state index < -0.39 is 0 Å². The number of rotatable bonds is 6. The Morgan fingerprint density at radius 1 is 1.24 bits per heavy atom. The molecule has 25 heavy (non-hydrogen) atoms. The normalized spacial score (nSPS) is 11.5. The minimum absolute atomic E-state index is 0.256. The predicted octanol–water partition coefficient (Wildman–Crippen LogP) is 3.78. The highest BCUT2D eigenvalue weighted by atomic mass is 32.2. The highest BCUT2D eigenvalue weighted by Crippen LogP contribution is 2.43. The van der Waals surface area contributed by atoms with Gasteiger partial charge in [-0.15, -0.1) is 23.1 Å². The molecule has 8 heteroatoms. The zero-order valence-corrected chi connectivity index (χ0v) is 16.1. The first-order valence-corrected chi connectivity index (χ1v) is 9.74. The Morgan fingerprint density at radius 3 is 2.60 bits per heavy atom. The van der Waals surface area contributed by atoms with E-state index >= 15 is 0 Å². The van der Waals surface area contributed by atoms with Crippen LogP contribution in [0.5, 0.6) is 0 Å². The van der Waals surface area contributed by atoms with E-state index in [2.05, 4.69) is 29.9 Å². The molecule has 0 aromatic carbocycles. The van der Waals surface area contributed by atoms with Gasteiger partial charge in [-0.05, 0) is 17.5 Å². The summed E-state index contributed by atoms with van der Waals surface area (Å²) in [6, 6.07) is 2.08. The molecule has 132 valence electrons. The predicted molar refractivity (Wildman–Crippen MR) is 106 cm³/mol. The van der Waals surface area contributed by atoms with Gasteiger partial charge in [0, 0.05) is 36.2 Å². The maximum absolute atomic E-state index is 6.44. The lowest BCUT2D eigenvalue weighted by Gasteiger charge is -2.11. The molecule has 3 aromatic heterocycles. The maximum atomic E-state index is 6.44. The van der Waals surface area contributed by atoms with E-state index in [0.717, 1.165) is 37.1 Å². The van der Waals surface area contributed by atoms with Crippen LogP contribution in [0.1, 0.15) is 25.3 Å². The Bertz CT molecular complexity index is 877. The van der Waals surface area contributed by atoms with Gasteiger partial charge in [-0.1, -0.05) is 13.8 Å². The molecule has 0 atom stereocenters. The topological polar surface area (TPSA) is 99.9 Å². The van der Waals surface area contributed by atoms with Gasteiger partial charge in [0.25, 0.3) is 0 Å². The molecule has 3 aromatic rings. The van der Waals surface area contributed by atoms with Crippen LogP contribution >= 0.6 is 23.1 Å². The highest BCUT2D eigenvalue weighted by Gasteiger charge is 2.18. The molecule has 0 aliphatic carbocycles. The number of ether oxygens (including phenoxy) is 1. The number of thioether (sulfide) groups is 1. The highest BCUT2D eigenvalue weighted by molar-refractivity contribution is 8.01. The van der Waals surface area contributed by atoms with E-state index in [1.807, 2.05) is 0 Å². The van der Waals surface area contributed by atoms with Crippen molar-refractivity contribution in [1.29, 1.82) is 0 Å². The molecule has 0 saturated heterocycles. The summed E-state index contributed by atoms with van der Waals surface area (Å²) in [7, 11) is 1.70. The largest absolute Gasteiger partial charge is 0.397 e. The summed E-state index contributed by atoms with van der Waals surface area (Å²) in [5.41, 5.74) is 15.7. The third-order valence-corrected chi connectivity index (χ3v) is 6.16. The quantitative estimate of drug-likeness (QED) is 0.499. The van der Waals surface area contributed by atoms with Crippen LogP contribution in [0.2, 0.25) is 0 Å². The number of nitrogens with two attached hydrogens (primary N) is 2. The van der Waals surface area contributed by atoms with Crippen LogP contribution in [0.15, 0.2) is 22.7 Å². The van der Waals surface area contributed by atoms with Crippen molar-refractivity contribution in [1.82, 2.24) is 15.0 Å². The summed E-state index contributed by atoms with van der Waals surface area (Å²) in [6.07, 6.45) is 3.40. The van der Waals surface area contributed by atoms with E-state index in [1.165, 1.54) is 5.56 Å². The van der Waals surface area contributed by atoms with E-state index in [1.54, 1.807) is 42.6 Å². The van der Waals surface area contributed by atoms with Gasteiger partial charge in [-0.25, -0.2) is 15.0 Å². The van der Waals surface area contributed by atoms with E-state index in [0.29, 0.717) is 12.5 Å². The van der Waals surface area contributed by atoms with Crippen LogP contribution in [-0.2, 0) is 4.74 Å². The van der Waals surface area contributed by atoms with Crippen molar-refractivity contribution in [3.8, 4) is 11.3 Å². The van der Waals surface area contributed by atoms with Crippen molar-refractivity contribution < 1.29 is 4.74 Å². The molecule has 3 rings (SSSR count). The van der Waals surface area contributed by atoms with Gasteiger partial charge in [0.05, 0.1) is 22.2 Å². The Morgan fingerprint density at radius 2 is 1.96 bits per heavy atom. The average molecular weight is 376 g/mol.